The molecule has 4 heterocycles. The normalized spacial score (nSPS) is 28.7. The molecule has 2 aromatic heterocycles. The van der Waals surface area contributed by atoms with E-state index in [0.29, 0.717) is 5.69 Å². The van der Waals surface area contributed by atoms with Crippen LogP contribution < -0.4 is 4.90 Å². The fourth-order valence-electron chi connectivity index (χ4n) is 3.65. The standard InChI is InChI=1S/C17H16F2N2O3S/c1-10-5-13(11(2)25-10)21-8-16(18)7-20(9-17(16,19)15(21)23)14(22)12-3-4-24-6-12/h3-6H,7-9H2,1-2H3/t16-,17+/m0/s1. The number of amides is 2. The lowest BCUT2D eigenvalue weighted by atomic mass is 9.93. The van der Waals surface area contributed by atoms with Gasteiger partial charge in [0.15, 0.2) is 5.67 Å². The topological polar surface area (TPSA) is 53.8 Å². The lowest BCUT2D eigenvalue weighted by Gasteiger charge is -2.22. The van der Waals surface area contributed by atoms with E-state index in [1.807, 2.05) is 13.8 Å². The molecule has 25 heavy (non-hydrogen) atoms. The van der Waals surface area contributed by atoms with Crippen molar-refractivity contribution in [3.63, 3.8) is 0 Å². The average Bonchev–Trinajstić information content (AvgIpc) is 3.27. The molecule has 0 saturated carbocycles. The van der Waals surface area contributed by atoms with Gasteiger partial charge in [0, 0.05) is 9.75 Å². The molecule has 0 unspecified atom stereocenters. The number of halogens is 2. The van der Waals surface area contributed by atoms with Crippen molar-refractivity contribution >= 4 is 28.8 Å². The number of carbonyl (C=O) groups is 2. The number of hydrogen-bond donors (Lipinski definition) is 0. The second-order valence-electron chi connectivity index (χ2n) is 6.63. The summed E-state index contributed by atoms with van der Waals surface area (Å²) in [7, 11) is 0. The molecule has 2 atom stereocenters. The van der Waals surface area contributed by atoms with Gasteiger partial charge in [0.25, 0.3) is 11.8 Å². The van der Waals surface area contributed by atoms with Crippen molar-refractivity contribution in [2.75, 3.05) is 24.5 Å². The number of anilines is 1. The number of nitrogens with zero attached hydrogens (tertiary/aromatic N) is 2. The van der Waals surface area contributed by atoms with Crippen LogP contribution in [-0.2, 0) is 4.79 Å². The molecule has 2 aliphatic heterocycles. The largest absolute Gasteiger partial charge is 0.472 e. The smallest absolute Gasteiger partial charge is 0.270 e. The number of hydrogen-bond acceptors (Lipinski definition) is 4. The van der Waals surface area contributed by atoms with Gasteiger partial charge in [-0.25, -0.2) is 8.78 Å². The van der Waals surface area contributed by atoms with Gasteiger partial charge >= 0.3 is 0 Å². The Morgan fingerprint density at radius 1 is 1.28 bits per heavy atom. The van der Waals surface area contributed by atoms with E-state index in [9.17, 15) is 9.59 Å². The molecule has 2 fully saturated rings. The van der Waals surface area contributed by atoms with Crippen LogP contribution in [0.3, 0.4) is 0 Å². The second-order valence-corrected chi connectivity index (χ2v) is 8.09. The van der Waals surface area contributed by atoms with Crippen molar-refractivity contribution in [3.05, 3.63) is 40.0 Å². The van der Waals surface area contributed by atoms with Gasteiger partial charge in [0.2, 0.25) is 5.67 Å². The van der Waals surface area contributed by atoms with Gasteiger partial charge in [-0.1, -0.05) is 0 Å². The Morgan fingerprint density at radius 3 is 2.60 bits per heavy atom. The summed E-state index contributed by atoms with van der Waals surface area (Å²) in [5, 5.41) is 0. The van der Waals surface area contributed by atoms with Crippen molar-refractivity contribution in [2.45, 2.75) is 25.2 Å². The molecular weight excluding hydrogens is 350 g/mol. The van der Waals surface area contributed by atoms with Crippen LogP contribution in [0.4, 0.5) is 14.5 Å². The highest BCUT2D eigenvalue weighted by atomic mass is 32.1. The van der Waals surface area contributed by atoms with Gasteiger partial charge in [0.1, 0.15) is 6.26 Å². The minimum absolute atomic E-state index is 0.209. The molecule has 2 saturated heterocycles. The molecule has 0 aromatic carbocycles. The SMILES string of the molecule is Cc1cc(N2C[C@@]3(F)CN(C(=O)c4ccoc4)C[C@@]3(F)C2=O)c(C)s1. The quantitative estimate of drug-likeness (QED) is 0.821. The summed E-state index contributed by atoms with van der Waals surface area (Å²) in [5.74, 6) is -1.46. The van der Waals surface area contributed by atoms with E-state index in [1.54, 1.807) is 6.07 Å². The van der Waals surface area contributed by atoms with Crippen molar-refractivity contribution in [1.82, 2.24) is 4.90 Å². The highest BCUT2D eigenvalue weighted by molar-refractivity contribution is 7.12. The Labute approximate surface area is 146 Å². The number of alkyl halides is 2. The Kier molecular flexibility index (Phi) is 3.34. The predicted molar refractivity (Wildman–Crippen MR) is 88.4 cm³/mol. The van der Waals surface area contributed by atoms with Crippen molar-refractivity contribution in [2.24, 2.45) is 0 Å². The Hall–Kier alpha value is -2.22. The number of aryl methyl sites for hydroxylation is 2. The maximum Gasteiger partial charge on any atom is 0.270 e. The van der Waals surface area contributed by atoms with Gasteiger partial charge < -0.3 is 14.2 Å². The first-order chi connectivity index (χ1) is 11.7. The van der Waals surface area contributed by atoms with E-state index >= 15 is 8.78 Å². The fraction of sp³-hybridized carbons (Fsp3) is 0.412. The van der Waals surface area contributed by atoms with Crippen LogP contribution in [0.1, 0.15) is 20.1 Å². The van der Waals surface area contributed by atoms with E-state index in [1.165, 1.54) is 34.8 Å². The molecule has 4 rings (SSSR count). The van der Waals surface area contributed by atoms with Crippen LogP contribution in [0, 0.1) is 13.8 Å². The molecule has 5 nitrogen and oxygen atoms in total. The molecule has 0 bridgehead atoms. The number of likely N-dealkylation sites (tertiary alicyclic amines) is 1. The molecule has 0 radical (unpaired) electrons. The first-order valence-corrected chi connectivity index (χ1v) is 8.65. The Bertz CT molecular complexity index is 865. The zero-order chi connectivity index (χ0) is 18.0. The average molecular weight is 366 g/mol. The number of furan rings is 1. The van der Waals surface area contributed by atoms with Crippen LogP contribution in [0.2, 0.25) is 0 Å². The monoisotopic (exact) mass is 366 g/mol. The lowest BCUT2D eigenvalue weighted by Crippen LogP contribution is -2.47. The maximum absolute atomic E-state index is 15.4. The minimum atomic E-state index is -2.73. The summed E-state index contributed by atoms with van der Waals surface area (Å²) in [4.78, 5) is 29.1. The zero-order valence-corrected chi connectivity index (χ0v) is 14.5. The molecule has 2 aromatic rings. The van der Waals surface area contributed by atoms with Gasteiger partial charge in [-0.05, 0) is 26.0 Å². The van der Waals surface area contributed by atoms with Crippen molar-refractivity contribution < 1.29 is 22.8 Å². The van der Waals surface area contributed by atoms with E-state index < -0.39 is 42.8 Å². The van der Waals surface area contributed by atoms with Gasteiger partial charge in [0.05, 0.1) is 37.1 Å². The molecule has 0 aliphatic carbocycles. The van der Waals surface area contributed by atoms with Gasteiger partial charge in [-0.2, -0.15) is 0 Å². The Balaban J connectivity index is 1.64. The molecule has 2 amide bonds. The number of rotatable bonds is 2. The third-order valence-electron chi connectivity index (χ3n) is 4.91. The molecule has 132 valence electrons. The maximum atomic E-state index is 15.4. The number of carbonyl (C=O) groups excluding carboxylic acids is 2. The van der Waals surface area contributed by atoms with Crippen LogP contribution in [0.25, 0.3) is 0 Å². The number of thiophene rings is 1. The summed E-state index contributed by atoms with van der Waals surface area (Å²) in [6.45, 7) is 2.25. The zero-order valence-electron chi connectivity index (χ0n) is 13.7. The van der Waals surface area contributed by atoms with Crippen LogP contribution in [0.15, 0.2) is 29.1 Å². The number of fused-ring (bicyclic) bond motifs is 1. The van der Waals surface area contributed by atoms with Crippen molar-refractivity contribution in [3.8, 4) is 0 Å². The third-order valence-corrected chi connectivity index (χ3v) is 5.87. The molecule has 0 spiro atoms. The summed E-state index contributed by atoms with van der Waals surface area (Å²) >= 11 is 1.47. The summed E-state index contributed by atoms with van der Waals surface area (Å²) in [6, 6.07) is 3.19. The minimum Gasteiger partial charge on any atom is -0.472 e. The molecule has 0 N–H and O–H groups in total. The summed E-state index contributed by atoms with van der Waals surface area (Å²) < 4.78 is 35.7. The summed E-state index contributed by atoms with van der Waals surface area (Å²) in [6.07, 6.45) is 2.53. The van der Waals surface area contributed by atoms with E-state index in [4.69, 9.17) is 4.42 Å². The first-order valence-electron chi connectivity index (χ1n) is 7.83. The summed E-state index contributed by atoms with van der Waals surface area (Å²) in [5.41, 5.74) is -4.40. The highest BCUT2D eigenvalue weighted by Crippen LogP contribution is 2.48. The van der Waals surface area contributed by atoms with Gasteiger partial charge in [-0.3, -0.25) is 9.59 Å². The molecule has 2 aliphatic rings. The second kappa shape index (κ2) is 5.14. The van der Waals surface area contributed by atoms with E-state index in [2.05, 4.69) is 0 Å². The van der Waals surface area contributed by atoms with Crippen molar-refractivity contribution in [1.29, 1.82) is 0 Å². The third kappa shape index (κ3) is 2.16. The Morgan fingerprint density at radius 2 is 2.04 bits per heavy atom. The van der Waals surface area contributed by atoms with E-state index in [-0.39, 0.29) is 5.56 Å². The first kappa shape index (κ1) is 16.3. The van der Waals surface area contributed by atoms with Crippen LogP contribution in [0.5, 0.6) is 0 Å². The van der Waals surface area contributed by atoms with Gasteiger partial charge in [-0.15, -0.1) is 11.3 Å². The molecular formula is C17H16F2N2O3S. The van der Waals surface area contributed by atoms with E-state index in [0.717, 1.165) is 14.7 Å². The molecule has 8 heteroatoms. The fourth-order valence-corrected chi connectivity index (χ4v) is 4.58. The highest BCUT2D eigenvalue weighted by Gasteiger charge is 2.72. The lowest BCUT2D eigenvalue weighted by molar-refractivity contribution is -0.130. The van der Waals surface area contributed by atoms with Crippen LogP contribution >= 0.6 is 11.3 Å². The van der Waals surface area contributed by atoms with Crippen LogP contribution in [-0.4, -0.2) is 47.7 Å². The predicted octanol–water partition coefficient (Wildman–Crippen LogP) is 2.88.